The summed E-state index contributed by atoms with van der Waals surface area (Å²) in [7, 11) is 1.77. The number of ether oxygens (including phenoxy) is 1. The van der Waals surface area contributed by atoms with Gasteiger partial charge in [-0.25, -0.2) is 0 Å². The van der Waals surface area contributed by atoms with Crippen LogP contribution in [0.5, 0.6) is 0 Å². The van der Waals surface area contributed by atoms with Crippen LogP contribution in [-0.4, -0.2) is 60.4 Å². The maximum atomic E-state index is 12.0. The van der Waals surface area contributed by atoms with Crippen molar-refractivity contribution in [2.24, 2.45) is 0 Å². The summed E-state index contributed by atoms with van der Waals surface area (Å²) in [6.07, 6.45) is 0.0674. The number of nitrogens with zero attached hydrogens (tertiary/aromatic N) is 2. The molecular formula is C11H18N4O2. The minimum absolute atomic E-state index is 0.0674. The minimum atomic E-state index is -0.0801. The van der Waals surface area contributed by atoms with Crippen molar-refractivity contribution in [3.05, 3.63) is 17.5 Å². The van der Waals surface area contributed by atoms with Gasteiger partial charge < -0.3 is 15.0 Å². The van der Waals surface area contributed by atoms with Gasteiger partial charge in [0.2, 0.25) is 0 Å². The molecule has 94 valence electrons. The molecule has 6 nitrogen and oxygen atoms in total. The molecule has 1 fully saturated rings. The zero-order chi connectivity index (χ0) is 12.3. The molecule has 2 heterocycles. The van der Waals surface area contributed by atoms with Gasteiger partial charge >= 0.3 is 0 Å². The molecule has 0 aromatic carbocycles. The second-order valence-electron chi connectivity index (χ2n) is 4.32. The number of rotatable bonds is 3. The van der Waals surface area contributed by atoms with E-state index in [0.717, 1.165) is 18.8 Å². The van der Waals surface area contributed by atoms with Crippen LogP contribution in [-0.2, 0) is 4.74 Å². The lowest BCUT2D eigenvalue weighted by molar-refractivity contribution is 0.0102. The molecule has 0 bridgehead atoms. The lowest BCUT2D eigenvalue weighted by atomic mass is 10.2. The molecule has 1 unspecified atom stereocenters. The van der Waals surface area contributed by atoms with Gasteiger partial charge in [0.05, 0.1) is 12.7 Å². The largest absolute Gasteiger partial charge is 0.374 e. The molecule has 0 radical (unpaired) electrons. The predicted octanol–water partition coefficient (Wildman–Crippen LogP) is -0.221. The highest BCUT2D eigenvalue weighted by Gasteiger charge is 2.20. The Labute approximate surface area is 100 Å². The highest BCUT2D eigenvalue weighted by atomic mass is 16.5. The van der Waals surface area contributed by atoms with Gasteiger partial charge in [-0.3, -0.25) is 9.89 Å². The van der Waals surface area contributed by atoms with E-state index in [4.69, 9.17) is 4.74 Å². The summed E-state index contributed by atoms with van der Waals surface area (Å²) in [5.41, 5.74) is 1.34. The van der Waals surface area contributed by atoms with E-state index >= 15 is 0 Å². The SMILES string of the molecule is Cc1cc(C(=O)N(C)CC2CNCCO2)n[nH]1. The number of aryl methyl sites for hydroxylation is 1. The molecule has 0 saturated carbocycles. The maximum absolute atomic E-state index is 12.0. The van der Waals surface area contributed by atoms with Crippen LogP contribution in [0.2, 0.25) is 0 Å². The Hall–Kier alpha value is -1.40. The Morgan fingerprint density at radius 1 is 1.71 bits per heavy atom. The Kier molecular flexibility index (Phi) is 3.75. The molecular weight excluding hydrogens is 220 g/mol. The molecule has 1 saturated heterocycles. The molecule has 1 aromatic heterocycles. The first kappa shape index (κ1) is 12.1. The number of amides is 1. The summed E-state index contributed by atoms with van der Waals surface area (Å²) < 4.78 is 5.56. The molecule has 1 atom stereocenters. The van der Waals surface area contributed by atoms with Crippen molar-refractivity contribution < 1.29 is 9.53 Å². The Balaban J connectivity index is 1.90. The van der Waals surface area contributed by atoms with Gasteiger partial charge in [-0.05, 0) is 13.0 Å². The highest BCUT2D eigenvalue weighted by Crippen LogP contribution is 2.05. The van der Waals surface area contributed by atoms with Gasteiger partial charge in [-0.1, -0.05) is 0 Å². The van der Waals surface area contributed by atoms with E-state index in [0.29, 0.717) is 18.8 Å². The Morgan fingerprint density at radius 3 is 3.12 bits per heavy atom. The predicted molar refractivity (Wildman–Crippen MR) is 62.9 cm³/mol. The van der Waals surface area contributed by atoms with Gasteiger partial charge in [0.25, 0.3) is 5.91 Å². The van der Waals surface area contributed by atoms with Crippen molar-refractivity contribution in [3.8, 4) is 0 Å². The number of aromatic amines is 1. The summed E-state index contributed by atoms with van der Waals surface area (Å²) in [6, 6.07) is 1.75. The normalized spacial score (nSPS) is 20.2. The summed E-state index contributed by atoms with van der Waals surface area (Å²) in [6.45, 7) is 4.83. The molecule has 2 rings (SSSR count). The third-order valence-electron chi connectivity index (χ3n) is 2.75. The van der Waals surface area contributed by atoms with Crippen molar-refractivity contribution in [1.29, 1.82) is 0 Å². The number of H-pyrrole nitrogens is 1. The first-order valence-electron chi connectivity index (χ1n) is 5.76. The Morgan fingerprint density at radius 2 is 2.53 bits per heavy atom. The number of morpholine rings is 1. The summed E-state index contributed by atoms with van der Waals surface area (Å²) >= 11 is 0. The topological polar surface area (TPSA) is 70.2 Å². The smallest absolute Gasteiger partial charge is 0.274 e. The number of hydrogen-bond donors (Lipinski definition) is 2. The van der Waals surface area contributed by atoms with Gasteiger partial charge in [-0.15, -0.1) is 0 Å². The zero-order valence-electron chi connectivity index (χ0n) is 10.2. The van der Waals surface area contributed by atoms with E-state index in [1.165, 1.54) is 0 Å². The molecule has 0 aliphatic carbocycles. The summed E-state index contributed by atoms with van der Waals surface area (Å²) in [5.74, 6) is -0.0801. The Bertz CT molecular complexity index is 385. The number of hydrogen-bond acceptors (Lipinski definition) is 4. The van der Waals surface area contributed by atoms with Gasteiger partial charge in [-0.2, -0.15) is 5.10 Å². The fourth-order valence-electron chi connectivity index (χ4n) is 1.85. The van der Waals surface area contributed by atoms with Crippen LogP contribution >= 0.6 is 0 Å². The van der Waals surface area contributed by atoms with E-state index in [1.54, 1.807) is 18.0 Å². The molecule has 1 aromatic rings. The number of carbonyl (C=O) groups is 1. The molecule has 1 aliphatic rings. The number of likely N-dealkylation sites (N-methyl/N-ethyl adjacent to an activating group) is 1. The maximum Gasteiger partial charge on any atom is 0.274 e. The van der Waals surface area contributed by atoms with E-state index < -0.39 is 0 Å². The van der Waals surface area contributed by atoms with Crippen LogP contribution in [0.3, 0.4) is 0 Å². The average Bonchev–Trinajstić information content (AvgIpc) is 2.76. The van der Waals surface area contributed by atoms with Crippen LogP contribution in [0.15, 0.2) is 6.07 Å². The van der Waals surface area contributed by atoms with E-state index in [2.05, 4.69) is 15.5 Å². The standard InChI is InChI=1S/C11H18N4O2/c1-8-5-10(14-13-8)11(16)15(2)7-9-6-12-3-4-17-9/h5,9,12H,3-4,6-7H2,1-2H3,(H,13,14). The second-order valence-corrected chi connectivity index (χ2v) is 4.32. The first-order valence-corrected chi connectivity index (χ1v) is 5.76. The lowest BCUT2D eigenvalue weighted by Gasteiger charge is -2.27. The van der Waals surface area contributed by atoms with Crippen LogP contribution < -0.4 is 5.32 Å². The first-order chi connectivity index (χ1) is 8.16. The summed E-state index contributed by atoms with van der Waals surface area (Å²) in [4.78, 5) is 13.6. The van der Waals surface area contributed by atoms with Crippen molar-refractivity contribution in [3.63, 3.8) is 0 Å². The van der Waals surface area contributed by atoms with E-state index in [9.17, 15) is 4.79 Å². The number of carbonyl (C=O) groups excluding carboxylic acids is 1. The van der Waals surface area contributed by atoms with Gasteiger partial charge in [0.15, 0.2) is 0 Å². The number of nitrogens with one attached hydrogen (secondary N) is 2. The molecule has 2 N–H and O–H groups in total. The highest BCUT2D eigenvalue weighted by molar-refractivity contribution is 5.92. The second kappa shape index (κ2) is 5.29. The van der Waals surface area contributed by atoms with Crippen molar-refractivity contribution in [2.75, 3.05) is 33.3 Å². The van der Waals surface area contributed by atoms with E-state index in [1.807, 2.05) is 6.92 Å². The zero-order valence-corrected chi connectivity index (χ0v) is 10.2. The molecule has 1 amide bonds. The van der Waals surface area contributed by atoms with Gasteiger partial charge in [0, 0.05) is 32.4 Å². The monoisotopic (exact) mass is 238 g/mol. The van der Waals surface area contributed by atoms with Crippen molar-refractivity contribution in [2.45, 2.75) is 13.0 Å². The van der Waals surface area contributed by atoms with Crippen molar-refractivity contribution in [1.82, 2.24) is 20.4 Å². The molecule has 1 aliphatic heterocycles. The molecule has 6 heteroatoms. The van der Waals surface area contributed by atoms with Gasteiger partial charge in [0.1, 0.15) is 5.69 Å². The van der Waals surface area contributed by atoms with Crippen LogP contribution in [0.1, 0.15) is 16.2 Å². The lowest BCUT2D eigenvalue weighted by Crippen LogP contribution is -2.45. The summed E-state index contributed by atoms with van der Waals surface area (Å²) in [5, 5.41) is 9.96. The quantitative estimate of drug-likeness (QED) is 0.763. The average molecular weight is 238 g/mol. The fourth-order valence-corrected chi connectivity index (χ4v) is 1.85. The van der Waals surface area contributed by atoms with E-state index in [-0.39, 0.29) is 12.0 Å². The van der Waals surface area contributed by atoms with Crippen LogP contribution in [0.25, 0.3) is 0 Å². The minimum Gasteiger partial charge on any atom is -0.374 e. The number of aromatic nitrogens is 2. The van der Waals surface area contributed by atoms with Crippen LogP contribution in [0.4, 0.5) is 0 Å². The fraction of sp³-hybridized carbons (Fsp3) is 0.636. The third kappa shape index (κ3) is 3.04. The third-order valence-corrected chi connectivity index (χ3v) is 2.75. The molecule has 17 heavy (non-hydrogen) atoms. The van der Waals surface area contributed by atoms with Crippen LogP contribution in [0, 0.1) is 6.92 Å². The molecule has 0 spiro atoms. The van der Waals surface area contributed by atoms with Crippen molar-refractivity contribution >= 4 is 5.91 Å².